The first kappa shape index (κ1) is 23.4. The maximum Gasteiger partial charge on any atom is 0.235 e. The zero-order valence-electron chi connectivity index (χ0n) is 18.7. The minimum absolute atomic E-state index is 0.101. The van der Waals surface area contributed by atoms with Crippen LogP contribution in [0.5, 0.6) is 11.5 Å². The summed E-state index contributed by atoms with van der Waals surface area (Å²) in [5.74, 6) is 6.04. The van der Waals surface area contributed by atoms with Crippen molar-refractivity contribution in [1.29, 1.82) is 0 Å². The number of ether oxygens (including phenoxy) is 2. The van der Waals surface area contributed by atoms with Crippen molar-refractivity contribution in [2.24, 2.45) is 16.7 Å². The van der Waals surface area contributed by atoms with Gasteiger partial charge in [0, 0.05) is 16.3 Å². The third-order valence-corrected chi connectivity index (χ3v) is 6.33. The van der Waals surface area contributed by atoms with Gasteiger partial charge in [0.05, 0.1) is 19.6 Å². The summed E-state index contributed by atoms with van der Waals surface area (Å²) in [7, 11) is 3.11. The number of amidine groups is 1. The van der Waals surface area contributed by atoms with Crippen molar-refractivity contribution < 1.29 is 18.7 Å². The molecule has 0 spiro atoms. The second-order valence-corrected chi connectivity index (χ2v) is 8.41. The van der Waals surface area contributed by atoms with Gasteiger partial charge in [-0.25, -0.2) is 4.39 Å². The largest absolute Gasteiger partial charge is 0.493 e. The molecular weight excluding hydrogens is 459 g/mol. The quantitative estimate of drug-likeness (QED) is 0.200. The van der Waals surface area contributed by atoms with Gasteiger partial charge in [-0.2, -0.15) is 5.10 Å². The van der Waals surface area contributed by atoms with Crippen LogP contribution in [-0.4, -0.2) is 26.0 Å². The molecule has 176 valence electrons. The lowest BCUT2D eigenvalue weighted by molar-refractivity contribution is -0.118. The topological polar surface area (TPSA) is 112 Å². The number of benzene rings is 3. The second-order valence-electron chi connectivity index (χ2n) is 8.00. The van der Waals surface area contributed by atoms with Crippen LogP contribution in [0.4, 0.5) is 10.1 Å². The van der Waals surface area contributed by atoms with Gasteiger partial charge >= 0.3 is 0 Å². The summed E-state index contributed by atoms with van der Waals surface area (Å²) in [6.07, 6.45) is 1.24. The summed E-state index contributed by atoms with van der Waals surface area (Å²) in [6, 6.07) is 14.8. The molecule has 34 heavy (non-hydrogen) atoms. The van der Waals surface area contributed by atoms with E-state index in [9.17, 15) is 9.18 Å². The predicted molar refractivity (Wildman–Crippen MR) is 131 cm³/mol. The van der Waals surface area contributed by atoms with Crippen LogP contribution >= 0.6 is 11.6 Å². The molecule has 0 saturated heterocycles. The molecule has 7 nitrogen and oxygen atoms in total. The Hall–Kier alpha value is -3.78. The van der Waals surface area contributed by atoms with E-state index in [-0.39, 0.29) is 16.8 Å². The number of hydrazone groups is 1. The smallest absolute Gasteiger partial charge is 0.235 e. The molecule has 1 fully saturated rings. The second kappa shape index (κ2) is 9.23. The van der Waals surface area contributed by atoms with Crippen LogP contribution in [0.3, 0.4) is 0 Å². The average molecular weight is 483 g/mol. The van der Waals surface area contributed by atoms with E-state index in [1.807, 2.05) is 18.2 Å². The normalized spacial score (nSPS) is 14.4. The number of rotatable bonds is 7. The predicted octanol–water partition coefficient (Wildman–Crippen LogP) is 4.41. The van der Waals surface area contributed by atoms with E-state index in [0.717, 1.165) is 11.1 Å². The lowest BCUT2D eigenvalue weighted by atomic mass is 9.94. The average Bonchev–Trinajstić information content (AvgIpc) is 3.65. The number of amides is 1. The van der Waals surface area contributed by atoms with Gasteiger partial charge in [-0.05, 0) is 65.9 Å². The minimum Gasteiger partial charge on any atom is -0.493 e. The monoisotopic (exact) mass is 482 g/mol. The summed E-state index contributed by atoms with van der Waals surface area (Å²) in [5.41, 5.74) is 8.50. The maximum absolute atomic E-state index is 13.5. The zero-order chi connectivity index (χ0) is 24.5. The Labute approximate surface area is 201 Å². The molecule has 3 aromatic rings. The number of hydrogen-bond donors (Lipinski definition) is 3. The van der Waals surface area contributed by atoms with Gasteiger partial charge in [0.1, 0.15) is 5.82 Å². The van der Waals surface area contributed by atoms with Crippen molar-refractivity contribution in [3.8, 4) is 22.6 Å². The Morgan fingerprint density at radius 3 is 2.41 bits per heavy atom. The Bertz CT molecular complexity index is 1290. The number of nitrogens with one attached hydrogen (secondary N) is 1. The van der Waals surface area contributed by atoms with Gasteiger partial charge in [-0.1, -0.05) is 29.8 Å². The first-order chi connectivity index (χ1) is 16.3. The van der Waals surface area contributed by atoms with Gasteiger partial charge in [0.15, 0.2) is 17.3 Å². The van der Waals surface area contributed by atoms with Crippen molar-refractivity contribution in [2.75, 3.05) is 19.5 Å². The van der Waals surface area contributed by atoms with Gasteiger partial charge in [0.2, 0.25) is 5.91 Å². The van der Waals surface area contributed by atoms with Gasteiger partial charge < -0.3 is 26.4 Å². The van der Waals surface area contributed by atoms with E-state index in [2.05, 4.69) is 10.4 Å². The summed E-state index contributed by atoms with van der Waals surface area (Å²) in [6.45, 7) is 0. The molecule has 0 unspecified atom stereocenters. The van der Waals surface area contributed by atoms with Crippen LogP contribution in [0.15, 0.2) is 59.7 Å². The van der Waals surface area contributed by atoms with E-state index in [1.165, 1.54) is 12.1 Å². The summed E-state index contributed by atoms with van der Waals surface area (Å²) in [5, 5.41) is 6.81. The van der Waals surface area contributed by atoms with Crippen molar-refractivity contribution in [3.05, 3.63) is 76.6 Å². The number of anilines is 1. The van der Waals surface area contributed by atoms with E-state index in [0.29, 0.717) is 41.2 Å². The fourth-order valence-electron chi connectivity index (χ4n) is 4.03. The van der Waals surface area contributed by atoms with Crippen LogP contribution in [-0.2, 0) is 10.2 Å². The van der Waals surface area contributed by atoms with Crippen LogP contribution < -0.4 is 26.4 Å². The lowest BCUT2D eigenvalue weighted by Gasteiger charge is -2.19. The molecule has 1 amide bonds. The third kappa shape index (κ3) is 4.24. The maximum atomic E-state index is 13.5. The summed E-state index contributed by atoms with van der Waals surface area (Å²) < 4.78 is 24.2. The minimum atomic E-state index is -0.791. The van der Waals surface area contributed by atoms with Gasteiger partial charge in [0.25, 0.3) is 0 Å². The van der Waals surface area contributed by atoms with Crippen LogP contribution in [0.1, 0.15) is 24.0 Å². The Morgan fingerprint density at radius 2 is 1.79 bits per heavy atom. The van der Waals surface area contributed by atoms with Crippen LogP contribution in [0.25, 0.3) is 11.1 Å². The number of carbonyl (C=O) groups excluding carboxylic acids is 1. The molecule has 0 aromatic heterocycles. The number of methoxy groups -OCH3 is 2. The molecule has 5 N–H and O–H groups in total. The Kier molecular flexibility index (Phi) is 6.34. The first-order valence-corrected chi connectivity index (χ1v) is 10.9. The number of halogens is 2. The molecule has 3 aromatic carbocycles. The Morgan fingerprint density at radius 1 is 1.06 bits per heavy atom. The number of nitrogens with two attached hydrogens (primary N) is 2. The van der Waals surface area contributed by atoms with E-state index >= 15 is 0 Å². The summed E-state index contributed by atoms with van der Waals surface area (Å²) in [4.78, 5) is 13.2. The van der Waals surface area contributed by atoms with Gasteiger partial charge in [-0.3, -0.25) is 4.79 Å². The molecule has 0 heterocycles. The van der Waals surface area contributed by atoms with E-state index in [1.54, 1.807) is 38.5 Å². The van der Waals surface area contributed by atoms with Crippen molar-refractivity contribution in [2.45, 2.75) is 18.3 Å². The first-order valence-electron chi connectivity index (χ1n) is 10.5. The van der Waals surface area contributed by atoms with Crippen molar-refractivity contribution >= 4 is 29.0 Å². The molecule has 0 aliphatic heterocycles. The SMILES string of the molecule is COc1ccc(-c2ccc(NC(=O)C3(c4ccc(F)cc4Cl)CC3)cc2/C(N)=N/N)cc1OC. The van der Waals surface area contributed by atoms with Crippen molar-refractivity contribution in [1.82, 2.24) is 0 Å². The van der Waals surface area contributed by atoms with Crippen LogP contribution in [0, 0.1) is 5.82 Å². The Balaban J connectivity index is 1.68. The highest BCUT2D eigenvalue weighted by Gasteiger charge is 2.52. The number of carbonyl (C=O) groups is 1. The molecular formula is C25H24ClFN4O3. The highest BCUT2D eigenvalue weighted by atomic mass is 35.5. The number of nitrogens with zero attached hydrogens (tertiary/aromatic N) is 1. The highest BCUT2D eigenvalue weighted by molar-refractivity contribution is 6.32. The molecule has 4 rings (SSSR count). The molecule has 0 radical (unpaired) electrons. The molecule has 1 aliphatic rings. The fourth-order valence-corrected chi connectivity index (χ4v) is 4.38. The lowest BCUT2D eigenvalue weighted by Crippen LogP contribution is -2.28. The number of hydrogen-bond acceptors (Lipinski definition) is 5. The fraction of sp³-hybridized carbons (Fsp3) is 0.200. The van der Waals surface area contributed by atoms with Crippen molar-refractivity contribution in [3.63, 3.8) is 0 Å². The summed E-state index contributed by atoms with van der Waals surface area (Å²) >= 11 is 6.24. The molecule has 0 bridgehead atoms. The standard InChI is InChI=1S/C25H24ClFN4O3/c1-33-21-8-3-14(11-22(21)34-2)17-6-5-16(13-18(17)23(28)31-29)30-24(32)25(9-10-25)19-7-4-15(27)12-20(19)26/h3-8,11-13H,9-10,29H2,1-2H3,(H2,28,31)(H,30,32). The van der Waals surface area contributed by atoms with E-state index < -0.39 is 11.2 Å². The highest BCUT2D eigenvalue weighted by Crippen LogP contribution is 2.51. The molecule has 1 saturated carbocycles. The van der Waals surface area contributed by atoms with Gasteiger partial charge in [-0.15, -0.1) is 0 Å². The molecule has 0 atom stereocenters. The van der Waals surface area contributed by atoms with E-state index in [4.69, 9.17) is 32.7 Å². The molecule has 1 aliphatic carbocycles. The molecule has 9 heteroatoms. The zero-order valence-corrected chi connectivity index (χ0v) is 19.4. The third-order valence-electron chi connectivity index (χ3n) is 6.02. The van der Waals surface area contributed by atoms with Crippen LogP contribution in [0.2, 0.25) is 5.02 Å².